The first-order chi connectivity index (χ1) is 16.6. The standard InChI is InChI=1S/C25H31NO6S2/c1-29-17-23(28)31-19-9-7-18(8-10-19)20-11-12-21(34-20)25(13-3-5-15-33-25)16-22(27)26-32-24-6-2-4-14-30-24/h7-12,24H,2-6,13-17H2,1H3,(H,26,27)/t24?,25-/m0/s1. The Bertz CT molecular complexity index is 949. The summed E-state index contributed by atoms with van der Waals surface area (Å²) < 4.78 is 15.3. The zero-order valence-corrected chi connectivity index (χ0v) is 21.0. The molecule has 184 valence electrons. The van der Waals surface area contributed by atoms with E-state index >= 15 is 0 Å². The number of carbonyl (C=O) groups excluding carboxylic acids is 2. The van der Waals surface area contributed by atoms with Gasteiger partial charge in [-0.25, -0.2) is 15.1 Å². The van der Waals surface area contributed by atoms with Gasteiger partial charge in [-0.2, -0.15) is 0 Å². The SMILES string of the molecule is COCC(=O)Oc1ccc(-c2ccc([C@@]3(CC(=O)NOC4CCCCO4)CCCCS3)s2)cc1. The van der Waals surface area contributed by atoms with Crippen LogP contribution in [0.3, 0.4) is 0 Å². The minimum atomic E-state index is -0.428. The Labute approximate surface area is 208 Å². The number of esters is 1. The molecule has 34 heavy (non-hydrogen) atoms. The second kappa shape index (κ2) is 12.2. The van der Waals surface area contributed by atoms with Gasteiger partial charge in [-0.05, 0) is 73.4 Å². The smallest absolute Gasteiger partial charge is 0.337 e. The van der Waals surface area contributed by atoms with Gasteiger partial charge in [0.15, 0.2) is 6.29 Å². The van der Waals surface area contributed by atoms with Gasteiger partial charge in [0.25, 0.3) is 0 Å². The van der Waals surface area contributed by atoms with Crippen LogP contribution < -0.4 is 10.2 Å². The number of thiophene rings is 1. The predicted molar refractivity (Wildman–Crippen MR) is 133 cm³/mol. The third-order valence-electron chi connectivity index (χ3n) is 5.93. The van der Waals surface area contributed by atoms with Crippen LogP contribution in [0.25, 0.3) is 10.4 Å². The number of nitrogens with one attached hydrogen (secondary N) is 1. The molecule has 1 N–H and O–H groups in total. The van der Waals surface area contributed by atoms with Gasteiger partial charge < -0.3 is 14.2 Å². The zero-order chi connectivity index (χ0) is 23.8. The number of hydroxylamine groups is 1. The normalized spacial score (nSPS) is 22.8. The molecule has 7 nitrogen and oxygen atoms in total. The first-order valence-corrected chi connectivity index (χ1v) is 13.5. The fraction of sp³-hybridized carbons (Fsp3) is 0.520. The fourth-order valence-electron chi connectivity index (χ4n) is 4.21. The largest absolute Gasteiger partial charge is 0.425 e. The van der Waals surface area contributed by atoms with Crippen LogP contribution in [0.5, 0.6) is 5.75 Å². The third-order valence-corrected chi connectivity index (χ3v) is 9.01. The Hall–Kier alpha value is -1.91. The van der Waals surface area contributed by atoms with Crippen molar-refractivity contribution in [3.8, 4) is 16.2 Å². The average molecular weight is 506 g/mol. The van der Waals surface area contributed by atoms with Crippen molar-refractivity contribution in [2.45, 2.75) is 56.0 Å². The number of carbonyl (C=O) groups is 2. The summed E-state index contributed by atoms with van der Waals surface area (Å²) >= 11 is 3.58. The lowest BCUT2D eigenvalue weighted by molar-refractivity contribution is -0.200. The van der Waals surface area contributed by atoms with Crippen LogP contribution in [0, 0.1) is 0 Å². The molecule has 2 atom stereocenters. The van der Waals surface area contributed by atoms with E-state index in [0.29, 0.717) is 18.8 Å². The number of thioether (sulfide) groups is 1. The van der Waals surface area contributed by atoms with Crippen molar-refractivity contribution in [3.63, 3.8) is 0 Å². The summed E-state index contributed by atoms with van der Waals surface area (Å²) in [5, 5.41) is 0. The number of ether oxygens (including phenoxy) is 3. The maximum atomic E-state index is 12.8. The number of amides is 1. The van der Waals surface area contributed by atoms with E-state index < -0.39 is 5.97 Å². The molecule has 0 saturated carbocycles. The van der Waals surface area contributed by atoms with Gasteiger partial charge in [-0.3, -0.25) is 4.79 Å². The number of hydrogen-bond donors (Lipinski definition) is 1. The Morgan fingerprint density at radius 3 is 2.68 bits per heavy atom. The summed E-state index contributed by atoms with van der Waals surface area (Å²) in [4.78, 5) is 32.3. The molecule has 0 radical (unpaired) electrons. The predicted octanol–water partition coefficient (Wildman–Crippen LogP) is 5.04. The van der Waals surface area contributed by atoms with E-state index in [2.05, 4.69) is 17.6 Å². The van der Waals surface area contributed by atoms with Gasteiger partial charge in [0, 0.05) is 36.3 Å². The number of methoxy groups -OCH3 is 1. The highest BCUT2D eigenvalue weighted by Gasteiger charge is 2.38. The van der Waals surface area contributed by atoms with Crippen molar-refractivity contribution < 1.29 is 28.6 Å². The first-order valence-electron chi connectivity index (χ1n) is 11.7. The Morgan fingerprint density at radius 1 is 1.12 bits per heavy atom. The lowest BCUT2D eigenvalue weighted by Crippen LogP contribution is -2.37. The molecule has 2 aliphatic heterocycles. The number of hydrogen-bond acceptors (Lipinski definition) is 8. The second-order valence-corrected chi connectivity index (χ2v) is 11.1. The summed E-state index contributed by atoms with van der Waals surface area (Å²) in [6.07, 6.45) is 6.14. The maximum Gasteiger partial charge on any atom is 0.337 e. The molecule has 3 heterocycles. The number of benzene rings is 1. The highest BCUT2D eigenvalue weighted by Crippen LogP contribution is 2.50. The third kappa shape index (κ3) is 6.60. The Kier molecular flexibility index (Phi) is 9.02. The highest BCUT2D eigenvalue weighted by molar-refractivity contribution is 8.00. The first kappa shape index (κ1) is 25.2. The molecule has 0 aliphatic carbocycles. The van der Waals surface area contributed by atoms with Gasteiger partial charge in [0.2, 0.25) is 5.91 Å². The highest BCUT2D eigenvalue weighted by atomic mass is 32.2. The summed E-state index contributed by atoms with van der Waals surface area (Å²) in [5.74, 6) is 0.984. The van der Waals surface area contributed by atoms with Gasteiger partial charge in [0.1, 0.15) is 12.4 Å². The van der Waals surface area contributed by atoms with Crippen LogP contribution >= 0.6 is 23.1 Å². The summed E-state index contributed by atoms with van der Waals surface area (Å²) in [5.41, 5.74) is 3.68. The molecule has 2 aliphatic rings. The molecule has 2 aromatic rings. The van der Waals surface area contributed by atoms with Crippen molar-refractivity contribution in [1.82, 2.24) is 5.48 Å². The molecule has 2 saturated heterocycles. The van der Waals surface area contributed by atoms with Crippen LogP contribution in [0.15, 0.2) is 36.4 Å². The molecule has 1 aromatic heterocycles. The van der Waals surface area contributed by atoms with E-state index in [4.69, 9.17) is 19.0 Å². The summed E-state index contributed by atoms with van der Waals surface area (Å²) in [7, 11) is 1.46. The Morgan fingerprint density at radius 2 is 1.97 bits per heavy atom. The van der Waals surface area contributed by atoms with E-state index in [-0.39, 0.29) is 23.6 Å². The average Bonchev–Trinajstić information content (AvgIpc) is 3.36. The van der Waals surface area contributed by atoms with Crippen LogP contribution in [0.1, 0.15) is 49.8 Å². The molecule has 4 rings (SSSR count). The van der Waals surface area contributed by atoms with E-state index in [1.807, 2.05) is 23.9 Å². The molecule has 1 amide bonds. The van der Waals surface area contributed by atoms with E-state index in [1.54, 1.807) is 23.5 Å². The maximum absolute atomic E-state index is 12.8. The van der Waals surface area contributed by atoms with E-state index in [1.165, 1.54) is 18.4 Å². The van der Waals surface area contributed by atoms with Crippen molar-refractivity contribution in [3.05, 3.63) is 41.3 Å². The minimum absolute atomic E-state index is 0.0813. The summed E-state index contributed by atoms with van der Waals surface area (Å²) in [6, 6.07) is 11.7. The summed E-state index contributed by atoms with van der Waals surface area (Å²) in [6.45, 7) is 0.594. The van der Waals surface area contributed by atoms with E-state index in [9.17, 15) is 9.59 Å². The minimum Gasteiger partial charge on any atom is -0.425 e. The molecule has 0 bridgehead atoms. The lowest BCUT2D eigenvalue weighted by atomic mass is 9.94. The zero-order valence-electron chi connectivity index (χ0n) is 19.4. The molecule has 2 fully saturated rings. The van der Waals surface area contributed by atoms with Crippen LogP contribution in [-0.2, 0) is 28.6 Å². The van der Waals surface area contributed by atoms with Crippen molar-refractivity contribution >= 4 is 35.0 Å². The molecule has 1 aromatic carbocycles. The molecular weight excluding hydrogens is 474 g/mol. The quantitative estimate of drug-likeness (QED) is 0.290. The second-order valence-electron chi connectivity index (χ2n) is 8.51. The van der Waals surface area contributed by atoms with E-state index in [0.717, 1.165) is 48.3 Å². The molecule has 1 unspecified atom stereocenters. The monoisotopic (exact) mass is 505 g/mol. The number of rotatable bonds is 9. The van der Waals surface area contributed by atoms with Crippen LogP contribution in [0.2, 0.25) is 0 Å². The van der Waals surface area contributed by atoms with Gasteiger partial charge in [-0.1, -0.05) is 6.42 Å². The van der Waals surface area contributed by atoms with Crippen LogP contribution in [0.4, 0.5) is 0 Å². The fourth-order valence-corrected chi connectivity index (χ4v) is 7.10. The van der Waals surface area contributed by atoms with Gasteiger partial charge >= 0.3 is 5.97 Å². The lowest BCUT2D eigenvalue weighted by Gasteiger charge is -2.35. The van der Waals surface area contributed by atoms with Crippen molar-refractivity contribution in [1.29, 1.82) is 0 Å². The van der Waals surface area contributed by atoms with Gasteiger partial charge in [0.05, 0.1) is 4.75 Å². The van der Waals surface area contributed by atoms with Crippen LogP contribution in [-0.4, -0.2) is 44.2 Å². The topological polar surface area (TPSA) is 83.1 Å². The van der Waals surface area contributed by atoms with Crippen molar-refractivity contribution in [2.75, 3.05) is 26.1 Å². The molecule has 0 spiro atoms. The molecular formula is C25H31NO6S2. The molecule has 9 heteroatoms. The Balaban J connectivity index is 1.42. The van der Waals surface area contributed by atoms with Gasteiger partial charge in [-0.15, -0.1) is 23.1 Å². The van der Waals surface area contributed by atoms with Crippen molar-refractivity contribution in [2.24, 2.45) is 0 Å².